The first-order chi connectivity index (χ1) is 11.6. The third-order valence-corrected chi connectivity index (χ3v) is 5.01. The Morgan fingerprint density at radius 3 is 1.50 bits per heavy atom. The zero-order valence-corrected chi connectivity index (χ0v) is 16.9. The van der Waals surface area contributed by atoms with E-state index in [4.69, 9.17) is 4.74 Å². The Kier molecular flexibility index (Phi) is 12.3. The molecule has 0 aromatic rings. The fourth-order valence-corrected chi connectivity index (χ4v) is 3.44. The van der Waals surface area contributed by atoms with E-state index in [9.17, 15) is 0 Å². The lowest BCUT2D eigenvalue weighted by molar-refractivity contribution is 0.273. The number of ether oxygens (including phenoxy) is 1. The van der Waals surface area contributed by atoms with Crippen LogP contribution in [0.25, 0.3) is 0 Å². The second kappa shape index (κ2) is 13.7. The molecule has 0 amide bonds. The third kappa shape index (κ3) is 11.9. The monoisotopic (exact) mass is 337 g/mol. The summed E-state index contributed by atoms with van der Waals surface area (Å²) in [6, 6.07) is 0. The molecule has 0 saturated carbocycles. The van der Waals surface area contributed by atoms with E-state index in [1.54, 1.807) is 0 Å². The van der Waals surface area contributed by atoms with E-state index in [1.165, 1.54) is 96.3 Å². The molecule has 0 radical (unpaired) electrons. The van der Waals surface area contributed by atoms with Gasteiger partial charge in [-0.3, -0.25) is 0 Å². The normalized spacial score (nSPS) is 16.2. The second-order valence-electron chi connectivity index (χ2n) is 8.31. The zero-order valence-electron chi connectivity index (χ0n) is 16.9. The summed E-state index contributed by atoms with van der Waals surface area (Å²) in [4.78, 5) is 4.62. The maximum atomic E-state index is 5.64. The summed E-state index contributed by atoms with van der Waals surface area (Å²) in [5.74, 6) is 0.995. The lowest BCUT2D eigenvalue weighted by atomic mass is 10.0. The highest BCUT2D eigenvalue weighted by Crippen LogP contribution is 2.20. The summed E-state index contributed by atoms with van der Waals surface area (Å²) >= 11 is 0. The largest absolute Gasteiger partial charge is 0.478 e. The molecule has 0 spiro atoms. The molecule has 0 saturated heterocycles. The summed E-state index contributed by atoms with van der Waals surface area (Å²) < 4.78 is 5.64. The minimum absolute atomic E-state index is 0.0187. The molecule has 0 unspecified atom stereocenters. The number of hydrogen-bond acceptors (Lipinski definition) is 2. The van der Waals surface area contributed by atoms with Crippen LogP contribution in [0.15, 0.2) is 4.99 Å². The van der Waals surface area contributed by atoms with Gasteiger partial charge < -0.3 is 4.74 Å². The average Bonchev–Trinajstić information content (AvgIpc) is 2.90. The molecule has 0 aliphatic carbocycles. The minimum atomic E-state index is 0.0187. The fourth-order valence-electron chi connectivity index (χ4n) is 3.44. The van der Waals surface area contributed by atoms with Crippen LogP contribution in [-0.2, 0) is 4.74 Å². The van der Waals surface area contributed by atoms with Gasteiger partial charge in [-0.05, 0) is 20.3 Å². The van der Waals surface area contributed by atoms with E-state index in [2.05, 4.69) is 25.8 Å². The van der Waals surface area contributed by atoms with Crippen molar-refractivity contribution >= 4 is 5.90 Å². The van der Waals surface area contributed by atoms with Gasteiger partial charge >= 0.3 is 0 Å². The van der Waals surface area contributed by atoms with Crippen LogP contribution in [-0.4, -0.2) is 18.0 Å². The van der Waals surface area contributed by atoms with Gasteiger partial charge in [0, 0.05) is 6.42 Å². The molecule has 24 heavy (non-hydrogen) atoms. The standard InChI is InChI=1S/C22H43NO/c1-4-5-6-7-8-9-10-11-12-13-14-15-16-17-18-19-21-23-22(2,3)20-24-21/h4-20H2,1-3H3. The Bertz CT molecular complexity index is 322. The van der Waals surface area contributed by atoms with Crippen LogP contribution < -0.4 is 0 Å². The van der Waals surface area contributed by atoms with Crippen LogP contribution in [0.4, 0.5) is 0 Å². The van der Waals surface area contributed by atoms with Gasteiger partial charge in [-0.1, -0.05) is 96.8 Å². The molecule has 1 heterocycles. The quantitative estimate of drug-likeness (QED) is 0.268. The average molecular weight is 338 g/mol. The zero-order chi connectivity index (χ0) is 17.5. The van der Waals surface area contributed by atoms with Crippen LogP contribution in [0.3, 0.4) is 0 Å². The van der Waals surface area contributed by atoms with Gasteiger partial charge in [0.05, 0.1) is 5.54 Å². The van der Waals surface area contributed by atoms with Crippen molar-refractivity contribution in [3.63, 3.8) is 0 Å². The summed E-state index contributed by atoms with van der Waals surface area (Å²) in [6.07, 6.45) is 22.3. The number of rotatable bonds is 16. The highest BCUT2D eigenvalue weighted by Gasteiger charge is 2.25. The van der Waals surface area contributed by atoms with Crippen LogP contribution in [0, 0.1) is 0 Å². The lowest BCUT2D eigenvalue weighted by Gasteiger charge is -2.07. The molecule has 0 atom stereocenters. The van der Waals surface area contributed by atoms with E-state index < -0.39 is 0 Å². The van der Waals surface area contributed by atoms with Crippen LogP contribution in [0.2, 0.25) is 0 Å². The van der Waals surface area contributed by atoms with E-state index >= 15 is 0 Å². The summed E-state index contributed by atoms with van der Waals surface area (Å²) in [5.41, 5.74) is 0.0187. The molecule has 0 aromatic heterocycles. The summed E-state index contributed by atoms with van der Waals surface area (Å²) in [6.45, 7) is 7.35. The highest BCUT2D eigenvalue weighted by atomic mass is 16.5. The van der Waals surface area contributed by atoms with Crippen molar-refractivity contribution in [2.45, 2.75) is 129 Å². The Hall–Kier alpha value is -0.530. The Morgan fingerprint density at radius 1 is 0.708 bits per heavy atom. The van der Waals surface area contributed by atoms with Crippen molar-refractivity contribution in [3.8, 4) is 0 Å². The van der Waals surface area contributed by atoms with Gasteiger partial charge in [-0.25, -0.2) is 4.99 Å². The van der Waals surface area contributed by atoms with Gasteiger partial charge in [0.15, 0.2) is 5.90 Å². The van der Waals surface area contributed by atoms with Crippen molar-refractivity contribution in [1.29, 1.82) is 0 Å². The first kappa shape index (κ1) is 21.5. The smallest absolute Gasteiger partial charge is 0.183 e. The molecule has 1 aliphatic heterocycles. The van der Waals surface area contributed by atoms with Crippen LogP contribution >= 0.6 is 0 Å². The van der Waals surface area contributed by atoms with Crippen molar-refractivity contribution in [2.24, 2.45) is 4.99 Å². The van der Waals surface area contributed by atoms with Crippen molar-refractivity contribution in [3.05, 3.63) is 0 Å². The molecule has 2 heteroatoms. The van der Waals surface area contributed by atoms with Gasteiger partial charge in [0.1, 0.15) is 6.61 Å². The number of hydrogen-bond donors (Lipinski definition) is 0. The third-order valence-electron chi connectivity index (χ3n) is 5.01. The van der Waals surface area contributed by atoms with Crippen molar-refractivity contribution < 1.29 is 4.74 Å². The summed E-state index contributed by atoms with van der Waals surface area (Å²) in [7, 11) is 0. The SMILES string of the molecule is CCCCCCCCCCCCCCCCCC1=NC(C)(C)CO1. The number of unbranched alkanes of at least 4 members (excludes halogenated alkanes) is 14. The predicted octanol–water partition coefficient (Wildman–Crippen LogP) is 7.46. The minimum Gasteiger partial charge on any atom is -0.478 e. The van der Waals surface area contributed by atoms with Gasteiger partial charge in [-0.2, -0.15) is 0 Å². The van der Waals surface area contributed by atoms with E-state index in [-0.39, 0.29) is 5.54 Å². The van der Waals surface area contributed by atoms with Gasteiger partial charge in [-0.15, -0.1) is 0 Å². The van der Waals surface area contributed by atoms with Crippen LogP contribution in [0.1, 0.15) is 124 Å². The molecule has 2 nitrogen and oxygen atoms in total. The Labute approximate surface area is 151 Å². The Balaban J connectivity index is 1.74. The van der Waals surface area contributed by atoms with E-state index in [0.717, 1.165) is 18.9 Å². The molecule has 1 aliphatic rings. The first-order valence-corrected chi connectivity index (χ1v) is 10.9. The molecule has 1 rings (SSSR count). The van der Waals surface area contributed by atoms with Crippen LogP contribution in [0.5, 0.6) is 0 Å². The molecule has 0 fully saturated rings. The van der Waals surface area contributed by atoms with Crippen molar-refractivity contribution in [1.82, 2.24) is 0 Å². The molecular formula is C22H43NO. The molecule has 0 N–H and O–H groups in total. The van der Waals surface area contributed by atoms with Gasteiger partial charge in [0.2, 0.25) is 0 Å². The maximum absolute atomic E-state index is 5.64. The molecule has 142 valence electrons. The van der Waals surface area contributed by atoms with Gasteiger partial charge in [0.25, 0.3) is 0 Å². The molecular weight excluding hydrogens is 294 g/mol. The lowest BCUT2D eigenvalue weighted by Crippen LogP contribution is -2.17. The number of nitrogens with zero attached hydrogens (tertiary/aromatic N) is 1. The number of aliphatic imine (C=N–C) groups is 1. The molecule has 0 bridgehead atoms. The van der Waals surface area contributed by atoms with E-state index in [1.807, 2.05) is 0 Å². The highest BCUT2D eigenvalue weighted by molar-refractivity contribution is 5.78. The molecule has 0 aromatic carbocycles. The van der Waals surface area contributed by atoms with Crippen molar-refractivity contribution in [2.75, 3.05) is 6.61 Å². The topological polar surface area (TPSA) is 21.6 Å². The van der Waals surface area contributed by atoms with E-state index in [0.29, 0.717) is 0 Å². The first-order valence-electron chi connectivity index (χ1n) is 10.9. The Morgan fingerprint density at radius 2 is 1.12 bits per heavy atom. The second-order valence-corrected chi connectivity index (χ2v) is 8.31. The summed E-state index contributed by atoms with van der Waals surface area (Å²) in [5, 5.41) is 0. The fraction of sp³-hybridized carbons (Fsp3) is 0.955. The predicted molar refractivity (Wildman–Crippen MR) is 107 cm³/mol. The maximum Gasteiger partial charge on any atom is 0.183 e.